The van der Waals surface area contributed by atoms with Gasteiger partial charge in [0.05, 0.1) is 0 Å². The van der Waals surface area contributed by atoms with Crippen molar-refractivity contribution in [3.63, 3.8) is 0 Å². The lowest BCUT2D eigenvalue weighted by atomic mass is 10.2. The number of rotatable bonds is 3. The topological polar surface area (TPSA) is 26.8 Å². The minimum Gasteiger partial charge on any atom is -0.312 e. The second-order valence-corrected chi connectivity index (χ2v) is 6.25. The molecule has 0 unspecified atom stereocenters. The van der Waals surface area contributed by atoms with Gasteiger partial charge in [0, 0.05) is 38.3 Å². The van der Waals surface area contributed by atoms with Crippen LogP contribution < -0.4 is 4.90 Å². The minimum absolute atomic E-state index is 0.262. The second kappa shape index (κ2) is 6.58. The van der Waals surface area contributed by atoms with E-state index in [0.717, 1.165) is 38.3 Å². The van der Waals surface area contributed by atoms with Crippen LogP contribution in [-0.4, -0.2) is 55.5 Å². The number of hydrogen-bond acceptors (Lipinski definition) is 3. The van der Waals surface area contributed by atoms with Gasteiger partial charge >= 0.3 is 0 Å². The van der Waals surface area contributed by atoms with Crippen LogP contribution in [0, 0.1) is 0 Å². The number of benzene rings is 1. The zero-order valence-electron chi connectivity index (χ0n) is 12.9. The van der Waals surface area contributed by atoms with E-state index in [1.54, 1.807) is 0 Å². The third kappa shape index (κ3) is 3.63. The van der Waals surface area contributed by atoms with Gasteiger partial charge in [-0.05, 0) is 50.7 Å². The van der Waals surface area contributed by atoms with Crippen LogP contribution in [0.2, 0.25) is 0 Å². The normalized spacial score (nSPS) is 21.8. The lowest BCUT2D eigenvalue weighted by Crippen LogP contribution is -2.28. The first-order valence-corrected chi connectivity index (χ1v) is 8.02. The molecule has 0 saturated carbocycles. The maximum atomic E-state index is 11.8. The molecule has 2 saturated heterocycles. The predicted octanol–water partition coefficient (Wildman–Crippen LogP) is 1.95. The van der Waals surface area contributed by atoms with Crippen molar-refractivity contribution >= 4 is 11.6 Å². The highest BCUT2D eigenvalue weighted by Gasteiger charge is 2.21. The molecule has 0 N–H and O–H groups in total. The quantitative estimate of drug-likeness (QED) is 0.850. The van der Waals surface area contributed by atoms with Gasteiger partial charge < -0.3 is 9.80 Å². The Labute approximate surface area is 127 Å². The third-order valence-corrected chi connectivity index (χ3v) is 4.54. The molecule has 0 radical (unpaired) electrons. The van der Waals surface area contributed by atoms with Gasteiger partial charge in [0.2, 0.25) is 5.91 Å². The molecule has 1 aromatic rings. The number of likely N-dealkylation sites (N-methyl/N-ethyl adjacent to an activating group) is 1. The molecule has 4 heteroatoms. The fourth-order valence-corrected chi connectivity index (χ4v) is 3.22. The summed E-state index contributed by atoms with van der Waals surface area (Å²) in [6.45, 7) is 6.56. The first-order valence-electron chi connectivity index (χ1n) is 8.02. The molecule has 0 atom stereocenters. The van der Waals surface area contributed by atoms with Crippen molar-refractivity contribution in [3.8, 4) is 0 Å². The highest BCUT2D eigenvalue weighted by atomic mass is 16.2. The highest BCUT2D eigenvalue weighted by molar-refractivity contribution is 5.95. The van der Waals surface area contributed by atoms with Gasteiger partial charge in [-0.3, -0.25) is 9.69 Å². The third-order valence-electron chi connectivity index (χ3n) is 4.54. The summed E-state index contributed by atoms with van der Waals surface area (Å²) in [5, 5.41) is 0. The molecule has 2 heterocycles. The van der Waals surface area contributed by atoms with Crippen molar-refractivity contribution in [1.82, 2.24) is 9.80 Å². The van der Waals surface area contributed by atoms with E-state index in [1.807, 2.05) is 4.90 Å². The number of carbonyl (C=O) groups is 1. The number of hydrogen-bond donors (Lipinski definition) is 0. The van der Waals surface area contributed by atoms with Crippen molar-refractivity contribution in [3.05, 3.63) is 29.8 Å². The SMILES string of the molecule is CN1CCCN(Cc2ccc(N3CCCC3=O)cc2)CC1. The largest absolute Gasteiger partial charge is 0.312 e. The maximum absolute atomic E-state index is 11.8. The summed E-state index contributed by atoms with van der Waals surface area (Å²) in [5.74, 6) is 0.262. The maximum Gasteiger partial charge on any atom is 0.227 e. The molecule has 4 nitrogen and oxygen atoms in total. The Morgan fingerprint density at radius 2 is 1.76 bits per heavy atom. The average Bonchev–Trinajstić information content (AvgIpc) is 2.81. The zero-order chi connectivity index (χ0) is 14.7. The van der Waals surface area contributed by atoms with Gasteiger partial charge in [-0.1, -0.05) is 12.1 Å². The van der Waals surface area contributed by atoms with E-state index in [4.69, 9.17) is 0 Å². The molecule has 0 bridgehead atoms. The Hall–Kier alpha value is -1.39. The fourth-order valence-electron chi connectivity index (χ4n) is 3.22. The van der Waals surface area contributed by atoms with Crippen LogP contribution in [-0.2, 0) is 11.3 Å². The van der Waals surface area contributed by atoms with E-state index < -0.39 is 0 Å². The molecule has 2 fully saturated rings. The van der Waals surface area contributed by atoms with Crippen LogP contribution in [0.5, 0.6) is 0 Å². The molecule has 0 aliphatic carbocycles. The Morgan fingerprint density at radius 3 is 2.48 bits per heavy atom. The molecule has 3 rings (SSSR count). The fraction of sp³-hybridized carbons (Fsp3) is 0.588. The molecule has 21 heavy (non-hydrogen) atoms. The number of carbonyl (C=O) groups excluding carboxylic acids is 1. The van der Waals surface area contributed by atoms with Crippen LogP contribution in [0.25, 0.3) is 0 Å². The summed E-state index contributed by atoms with van der Waals surface area (Å²) in [6.07, 6.45) is 2.93. The summed E-state index contributed by atoms with van der Waals surface area (Å²) in [5.41, 5.74) is 2.40. The zero-order valence-corrected chi connectivity index (χ0v) is 12.9. The molecule has 2 aliphatic rings. The number of nitrogens with zero attached hydrogens (tertiary/aromatic N) is 3. The predicted molar refractivity (Wildman–Crippen MR) is 85.4 cm³/mol. The molecular weight excluding hydrogens is 262 g/mol. The van der Waals surface area contributed by atoms with Crippen molar-refractivity contribution in [2.24, 2.45) is 0 Å². The van der Waals surface area contributed by atoms with Crippen LogP contribution in [0.3, 0.4) is 0 Å². The van der Waals surface area contributed by atoms with Crippen molar-refractivity contribution in [1.29, 1.82) is 0 Å². The van der Waals surface area contributed by atoms with E-state index in [9.17, 15) is 4.79 Å². The van der Waals surface area contributed by atoms with E-state index in [2.05, 4.69) is 41.1 Å². The second-order valence-electron chi connectivity index (χ2n) is 6.25. The van der Waals surface area contributed by atoms with Crippen molar-refractivity contribution < 1.29 is 4.79 Å². The van der Waals surface area contributed by atoms with Gasteiger partial charge in [0.15, 0.2) is 0 Å². The molecule has 114 valence electrons. The first kappa shape index (κ1) is 14.5. The van der Waals surface area contributed by atoms with E-state index in [0.29, 0.717) is 6.42 Å². The smallest absolute Gasteiger partial charge is 0.227 e. The molecular formula is C17H25N3O. The highest BCUT2D eigenvalue weighted by Crippen LogP contribution is 2.22. The molecule has 0 spiro atoms. The van der Waals surface area contributed by atoms with Crippen molar-refractivity contribution in [2.75, 3.05) is 44.7 Å². The van der Waals surface area contributed by atoms with Crippen LogP contribution >= 0.6 is 0 Å². The number of anilines is 1. The van der Waals surface area contributed by atoms with Gasteiger partial charge in [0.1, 0.15) is 0 Å². The summed E-state index contributed by atoms with van der Waals surface area (Å²) in [4.78, 5) is 18.6. The minimum atomic E-state index is 0.262. The van der Waals surface area contributed by atoms with Gasteiger partial charge in [-0.25, -0.2) is 0 Å². The van der Waals surface area contributed by atoms with Crippen molar-refractivity contribution in [2.45, 2.75) is 25.8 Å². The summed E-state index contributed by atoms with van der Waals surface area (Å²) in [7, 11) is 2.20. The lowest BCUT2D eigenvalue weighted by molar-refractivity contribution is -0.117. The number of amides is 1. The van der Waals surface area contributed by atoms with Crippen LogP contribution in [0.15, 0.2) is 24.3 Å². The lowest BCUT2D eigenvalue weighted by Gasteiger charge is -2.21. The Morgan fingerprint density at radius 1 is 0.952 bits per heavy atom. The van der Waals surface area contributed by atoms with E-state index in [-0.39, 0.29) is 5.91 Å². The van der Waals surface area contributed by atoms with Gasteiger partial charge in [-0.2, -0.15) is 0 Å². The van der Waals surface area contributed by atoms with E-state index in [1.165, 1.54) is 25.1 Å². The monoisotopic (exact) mass is 287 g/mol. The van der Waals surface area contributed by atoms with Crippen LogP contribution in [0.4, 0.5) is 5.69 Å². The van der Waals surface area contributed by atoms with Gasteiger partial charge in [0.25, 0.3) is 0 Å². The molecule has 0 aromatic heterocycles. The average molecular weight is 287 g/mol. The van der Waals surface area contributed by atoms with Crippen LogP contribution in [0.1, 0.15) is 24.8 Å². The summed E-state index contributed by atoms with van der Waals surface area (Å²) < 4.78 is 0. The molecule has 1 aromatic carbocycles. The summed E-state index contributed by atoms with van der Waals surface area (Å²) >= 11 is 0. The molecule has 1 amide bonds. The van der Waals surface area contributed by atoms with Gasteiger partial charge in [-0.15, -0.1) is 0 Å². The van der Waals surface area contributed by atoms with E-state index >= 15 is 0 Å². The molecule has 2 aliphatic heterocycles. The Balaban J connectivity index is 1.60. The standard InChI is InChI=1S/C17H25N3O/c1-18-9-3-10-19(13-12-18)14-15-5-7-16(8-6-15)20-11-2-4-17(20)21/h5-8H,2-4,9-14H2,1H3. The Kier molecular flexibility index (Phi) is 4.56. The Bertz CT molecular complexity index is 485. The first-order chi connectivity index (χ1) is 10.2. The summed E-state index contributed by atoms with van der Waals surface area (Å²) in [6, 6.07) is 8.55.